The fourth-order valence-corrected chi connectivity index (χ4v) is 2.21. The number of halogens is 1. The lowest BCUT2D eigenvalue weighted by Gasteiger charge is -2.22. The number of aliphatic hydroxyl groups is 2. The molecule has 2 rings (SSSR count). The summed E-state index contributed by atoms with van der Waals surface area (Å²) in [6, 6.07) is 1.14. The van der Waals surface area contributed by atoms with Crippen molar-refractivity contribution in [3.8, 4) is 0 Å². The zero-order chi connectivity index (χ0) is 14.9. The summed E-state index contributed by atoms with van der Waals surface area (Å²) in [5.74, 6) is 0. The summed E-state index contributed by atoms with van der Waals surface area (Å²) < 4.78 is 11.9. The second-order valence-electron chi connectivity index (χ2n) is 4.19. The molecule has 1 fully saturated rings. The molecule has 1 saturated heterocycles. The van der Waals surface area contributed by atoms with E-state index in [1.54, 1.807) is 0 Å². The summed E-state index contributed by atoms with van der Waals surface area (Å²) in [7, 11) is 0. The maximum atomic E-state index is 11.8. The predicted molar refractivity (Wildman–Crippen MR) is 71.3 cm³/mol. The molecule has 0 aliphatic carbocycles. The van der Waals surface area contributed by atoms with Gasteiger partial charge in [0.25, 0.3) is 5.56 Å². The third kappa shape index (κ3) is 2.85. The molecular formula is C11H13BrN2O6. The first kappa shape index (κ1) is 15.0. The molecule has 1 unspecified atom stereocenters. The van der Waals surface area contributed by atoms with Gasteiger partial charge in [0.2, 0.25) is 0 Å². The summed E-state index contributed by atoms with van der Waals surface area (Å²) in [5, 5.41) is 19.2. The zero-order valence-electron chi connectivity index (χ0n) is 10.2. The topological polar surface area (TPSA) is 114 Å². The first-order valence-electron chi connectivity index (χ1n) is 5.71. The molecule has 1 aliphatic heterocycles. The molecule has 0 saturated carbocycles. The zero-order valence-corrected chi connectivity index (χ0v) is 11.8. The second-order valence-corrected chi connectivity index (χ2v) is 5.08. The Morgan fingerprint density at radius 3 is 2.85 bits per heavy atom. The predicted octanol–water partition coefficient (Wildman–Crippen LogP) is -0.962. The Kier molecular flexibility index (Phi) is 4.43. The normalized spacial score (nSPS) is 29.4. The van der Waals surface area contributed by atoms with Crippen molar-refractivity contribution in [3.05, 3.63) is 44.3 Å². The number of aromatic amines is 1. The van der Waals surface area contributed by atoms with E-state index in [1.165, 1.54) is 6.20 Å². The van der Waals surface area contributed by atoms with E-state index in [-0.39, 0.29) is 4.67 Å². The van der Waals surface area contributed by atoms with Gasteiger partial charge in [0, 0.05) is 12.3 Å². The van der Waals surface area contributed by atoms with Crippen LogP contribution in [0.4, 0.5) is 0 Å². The molecular weight excluding hydrogens is 336 g/mol. The monoisotopic (exact) mass is 348 g/mol. The van der Waals surface area contributed by atoms with Crippen molar-refractivity contribution in [1.82, 2.24) is 9.55 Å². The number of H-pyrrole nitrogens is 1. The molecule has 0 spiro atoms. The van der Waals surface area contributed by atoms with E-state index in [1.807, 2.05) is 0 Å². The van der Waals surface area contributed by atoms with E-state index in [2.05, 4.69) is 27.5 Å². The number of hydrogen-bond donors (Lipinski definition) is 3. The van der Waals surface area contributed by atoms with Gasteiger partial charge in [-0.1, -0.05) is 0 Å². The van der Waals surface area contributed by atoms with Crippen LogP contribution in [0.1, 0.15) is 6.23 Å². The molecule has 20 heavy (non-hydrogen) atoms. The van der Waals surface area contributed by atoms with E-state index in [9.17, 15) is 14.7 Å². The molecule has 2 heterocycles. The van der Waals surface area contributed by atoms with Gasteiger partial charge in [-0.15, -0.1) is 0 Å². The van der Waals surface area contributed by atoms with Crippen molar-refractivity contribution >= 4 is 15.9 Å². The van der Waals surface area contributed by atoms with Gasteiger partial charge in [0.15, 0.2) is 17.0 Å². The van der Waals surface area contributed by atoms with Crippen LogP contribution in [0.25, 0.3) is 0 Å². The van der Waals surface area contributed by atoms with Gasteiger partial charge in [0.05, 0.1) is 6.61 Å². The summed E-state index contributed by atoms with van der Waals surface area (Å²) in [5.41, 5.74) is -1.26. The van der Waals surface area contributed by atoms with Gasteiger partial charge in [-0.25, -0.2) is 4.79 Å². The van der Waals surface area contributed by atoms with Gasteiger partial charge < -0.3 is 19.7 Å². The summed E-state index contributed by atoms with van der Waals surface area (Å²) in [6.07, 6.45) is -2.79. The van der Waals surface area contributed by atoms with Gasteiger partial charge in [-0.3, -0.25) is 14.3 Å². The van der Waals surface area contributed by atoms with Crippen LogP contribution in [0.15, 0.2) is 33.1 Å². The Balaban J connectivity index is 2.39. The number of rotatable bonds is 4. The smallest absolute Gasteiger partial charge is 0.330 e. The second kappa shape index (κ2) is 5.92. The lowest BCUT2D eigenvalue weighted by atomic mass is 10.1. The Hall–Kier alpha value is -1.42. The molecule has 9 heteroatoms. The molecule has 0 bridgehead atoms. The van der Waals surface area contributed by atoms with Crippen LogP contribution in [0.5, 0.6) is 0 Å². The lowest BCUT2D eigenvalue weighted by Crippen LogP contribution is -2.38. The van der Waals surface area contributed by atoms with E-state index >= 15 is 0 Å². The van der Waals surface area contributed by atoms with Gasteiger partial charge in [-0.2, -0.15) is 0 Å². The highest BCUT2D eigenvalue weighted by Crippen LogP contribution is 2.32. The molecule has 1 aromatic rings. The molecule has 3 N–H and O–H groups in total. The maximum absolute atomic E-state index is 11.8. The largest absolute Gasteiger partial charge is 0.477 e. The van der Waals surface area contributed by atoms with E-state index in [0.717, 1.165) is 10.6 Å². The van der Waals surface area contributed by atoms with Crippen molar-refractivity contribution in [1.29, 1.82) is 0 Å². The SMILES string of the molecule is C=C(Br)O[C@@H]1C(n2ccc(=O)[nH]c2=O)O[C@H](CO)[C@H]1O. The van der Waals surface area contributed by atoms with Crippen LogP contribution in [-0.4, -0.2) is 44.7 Å². The average molecular weight is 349 g/mol. The van der Waals surface area contributed by atoms with Crippen molar-refractivity contribution in [2.75, 3.05) is 6.61 Å². The third-order valence-electron chi connectivity index (χ3n) is 2.88. The molecule has 1 aromatic heterocycles. The Morgan fingerprint density at radius 2 is 2.30 bits per heavy atom. The highest BCUT2D eigenvalue weighted by molar-refractivity contribution is 9.11. The van der Waals surface area contributed by atoms with E-state index in [0.29, 0.717) is 0 Å². The highest BCUT2D eigenvalue weighted by Gasteiger charge is 2.46. The van der Waals surface area contributed by atoms with Crippen LogP contribution in [0, 0.1) is 0 Å². The minimum atomic E-state index is -1.15. The Morgan fingerprint density at radius 1 is 1.60 bits per heavy atom. The van der Waals surface area contributed by atoms with Gasteiger partial charge in [-0.05, 0) is 22.5 Å². The number of nitrogens with one attached hydrogen (secondary N) is 1. The lowest BCUT2D eigenvalue weighted by molar-refractivity contribution is -0.0573. The summed E-state index contributed by atoms with van der Waals surface area (Å²) >= 11 is 2.99. The number of hydrogen-bond acceptors (Lipinski definition) is 6. The van der Waals surface area contributed by atoms with Crippen LogP contribution in [-0.2, 0) is 9.47 Å². The third-order valence-corrected chi connectivity index (χ3v) is 3.07. The maximum Gasteiger partial charge on any atom is 0.330 e. The average Bonchev–Trinajstić information content (AvgIpc) is 2.66. The van der Waals surface area contributed by atoms with Crippen LogP contribution in [0.2, 0.25) is 0 Å². The summed E-state index contributed by atoms with van der Waals surface area (Å²) in [4.78, 5) is 24.9. The van der Waals surface area contributed by atoms with Gasteiger partial charge in [0.1, 0.15) is 12.2 Å². The summed E-state index contributed by atoms with van der Waals surface area (Å²) in [6.45, 7) is 3.05. The minimum Gasteiger partial charge on any atom is -0.477 e. The van der Waals surface area contributed by atoms with E-state index < -0.39 is 42.4 Å². The molecule has 0 radical (unpaired) electrons. The molecule has 0 amide bonds. The van der Waals surface area contributed by atoms with Crippen molar-refractivity contribution < 1.29 is 19.7 Å². The van der Waals surface area contributed by atoms with Crippen LogP contribution < -0.4 is 11.2 Å². The standard InChI is InChI=1S/C11H13BrN2O6/c1-5(12)19-9-8(17)6(4-15)20-10(9)14-3-2-7(16)13-11(14)18/h2-3,6,8-10,15,17H,1,4H2,(H,13,16,18)/t6-,8-,9+,10?/m1/s1. The molecule has 110 valence electrons. The van der Waals surface area contributed by atoms with Crippen molar-refractivity contribution in [2.45, 2.75) is 24.5 Å². The molecule has 0 aromatic carbocycles. The number of aliphatic hydroxyl groups excluding tert-OH is 2. The highest BCUT2D eigenvalue weighted by atomic mass is 79.9. The van der Waals surface area contributed by atoms with E-state index in [4.69, 9.17) is 14.6 Å². The Labute approximate surface area is 121 Å². The Bertz CT molecular complexity index is 611. The molecule has 1 aliphatic rings. The van der Waals surface area contributed by atoms with Crippen molar-refractivity contribution in [2.24, 2.45) is 0 Å². The number of nitrogens with zero attached hydrogens (tertiary/aromatic N) is 1. The van der Waals surface area contributed by atoms with Crippen LogP contribution in [0.3, 0.4) is 0 Å². The minimum absolute atomic E-state index is 0.145. The van der Waals surface area contributed by atoms with Gasteiger partial charge >= 0.3 is 5.69 Å². The number of aromatic nitrogens is 2. The quantitative estimate of drug-likeness (QED) is 0.604. The fourth-order valence-electron chi connectivity index (χ4n) is 2.00. The first-order chi connectivity index (χ1) is 9.43. The number of ether oxygens (including phenoxy) is 2. The first-order valence-corrected chi connectivity index (χ1v) is 6.50. The van der Waals surface area contributed by atoms with Crippen molar-refractivity contribution in [3.63, 3.8) is 0 Å². The fraction of sp³-hybridized carbons (Fsp3) is 0.455. The molecule has 8 nitrogen and oxygen atoms in total. The molecule has 4 atom stereocenters. The van der Waals surface area contributed by atoms with Crippen LogP contribution >= 0.6 is 15.9 Å².